The highest BCUT2D eigenvalue weighted by Gasteiger charge is 2.29. The number of aromatic nitrogens is 2. The summed E-state index contributed by atoms with van der Waals surface area (Å²) in [5.74, 6) is 3.63. The van der Waals surface area contributed by atoms with Crippen LogP contribution in [0.25, 0.3) is 27.9 Å². The van der Waals surface area contributed by atoms with Gasteiger partial charge in [-0.05, 0) is 49.6 Å². The van der Waals surface area contributed by atoms with Crippen LogP contribution in [0.4, 0.5) is 5.69 Å². The summed E-state index contributed by atoms with van der Waals surface area (Å²) in [5, 5.41) is 2.52. The number of anilines is 1. The van der Waals surface area contributed by atoms with E-state index in [1.807, 2.05) is 18.2 Å². The van der Waals surface area contributed by atoms with Gasteiger partial charge in [-0.25, -0.2) is 9.13 Å². The quantitative estimate of drug-likeness (QED) is 0.458. The van der Waals surface area contributed by atoms with Crippen LogP contribution in [0.15, 0.2) is 60.5 Å². The van der Waals surface area contributed by atoms with Gasteiger partial charge in [0.15, 0.2) is 16.8 Å². The Hall–Kier alpha value is -3.47. The van der Waals surface area contributed by atoms with E-state index in [1.165, 1.54) is 21.8 Å². The lowest BCUT2D eigenvalue weighted by Gasteiger charge is -2.15. The van der Waals surface area contributed by atoms with Crippen molar-refractivity contribution in [1.29, 1.82) is 0 Å². The number of benzene rings is 3. The number of methoxy groups -OCH3 is 1. The summed E-state index contributed by atoms with van der Waals surface area (Å²) in [4.78, 5) is 2.19. The Labute approximate surface area is 176 Å². The zero-order valence-corrected chi connectivity index (χ0v) is 17.8. The molecule has 0 aliphatic carbocycles. The third-order valence-corrected chi connectivity index (χ3v) is 5.95. The van der Waals surface area contributed by atoms with Crippen molar-refractivity contribution in [2.75, 3.05) is 18.6 Å². The minimum absolute atomic E-state index is 0.811. The summed E-state index contributed by atoms with van der Waals surface area (Å²) < 4.78 is 16.3. The molecule has 2 heterocycles. The highest BCUT2D eigenvalue weighted by atomic mass is 16.5. The molecule has 5 heteroatoms. The van der Waals surface area contributed by atoms with E-state index >= 15 is 0 Å². The number of imidazole rings is 1. The Balaban J connectivity index is 1.71. The Kier molecular flexibility index (Phi) is 4.39. The first-order chi connectivity index (χ1) is 14.7. The smallest absolute Gasteiger partial charge is 0.287 e. The van der Waals surface area contributed by atoms with Gasteiger partial charge < -0.3 is 14.4 Å². The van der Waals surface area contributed by atoms with Crippen LogP contribution in [0.1, 0.15) is 19.7 Å². The molecule has 0 spiro atoms. The van der Waals surface area contributed by atoms with E-state index in [9.17, 15) is 0 Å². The molecule has 1 aromatic heterocycles. The van der Waals surface area contributed by atoms with Crippen molar-refractivity contribution < 1.29 is 14.0 Å². The summed E-state index contributed by atoms with van der Waals surface area (Å²) >= 11 is 0. The largest absolute Gasteiger partial charge is 0.497 e. The van der Waals surface area contributed by atoms with Gasteiger partial charge in [0.2, 0.25) is 5.88 Å². The summed E-state index contributed by atoms with van der Waals surface area (Å²) in [6, 6.07) is 18.9. The third-order valence-electron chi connectivity index (χ3n) is 5.95. The molecule has 3 aromatic carbocycles. The van der Waals surface area contributed by atoms with Crippen molar-refractivity contribution >= 4 is 33.6 Å². The number of aryl methyl sites for hydroxylation is 2. The van der Waals surface area contributed by atoms with E-state index in [0.717, 1.165) is 42.0 Å². The fourth-order valence-electron chi connectivity index (χ4n) is 4.46. The molecule has 5 rings (SSSR count). The molecule has 1 aliphatic rings. The molecule has 0 radical (unpaired) electrons. The van der Waals surface area contributed by atoms with Crippen molar-refractivity contribution in [3.05, 3.63) is 66.3 Å². The molecular formula is C25H26N3O2+. The van der Waals surface area contributed by atoms with E-state index in [1.54, 1.807) is 7.11 Å². The summed E-state index contributed by atoms with van der Waals surface area (Å²) in [6.07, 6.45) is 2.15. The molecule has 30 heavy (non-hydrogen) atoms. The Morgan fingerprint density at radius 1 is 1.07 bits per heavy atom. The third kappa shape index (κ3) is 2.65. The lowest BCUT2D eigenvalue weighted by molar-refractivity contribution is -0.669. The molecule has 0 amide bonds. The zero-order chi connectivity index (χ0) is 20.8. The van der Waals surface area contributed by atoms with E-state index in [4.69, 9.17) is 9.47 Å². The molecular weight excluding hydrogens is 374 g/mol. The first kappa shape index (κ1) is 18.6. The molecule has 0 saturated carbocycles. The van der Waals surface area contributed by atoms with E-state index in [2.05, 4.69) is 77.4 Å². The lowest BCUT2D eigenvalue weighted by atomic mass is 10.1. The minimum atomic E-state index is 0.811. The van der Waals surface area contributed by atoms with Gasteiger partial charge in [0.1, 0.15) is 5.75 Å². The zero-order valence-electron chi connectivity index (χ0n) is 17.8. The fourth-order valence-corrected chi connectivity index (χ4v) is 4.46. The number of nitrogens with zero attached hydrogens (tertiary/aromatic N) is 3. The second-order valence-electron chi connectivity index (χ2n) is 7.48. The fraction of sp³-hybridized carbons (Fsp3) is 0.240. The second-order valence-corrected chi connectivity index (χ2v) is 7.48. The lowest BCUT2D eigenvalue weighted by Crippen LogP contribution is -2.35. The van der Waals surface area contributed by atoms with Crippen LogP contribution < -0.4 is 18.9 Å². The monoisotopic (exact) mass is 400 g/mol. The van der Waals surface area contributed by atoms with E-state index in [-0.39, 0.29) is 0 Å². The molecule has 0 fully saturated rings. The first-order valence-corrected chi connectivity index (χ1v) is 10.4. The predicted octanol–water partition coefficient (Wildman–Crippen LogP) is 4.86. The summed E-state index contributed by atoms with van der Waals surface area (Å²) in [5.41, 5.74) is 3.50. The number of rotatable bonds is 4. The Bertz CT molecular complexity index is 1300. The van der Waals surface area contributed by atoms with Crippen LogP contribution in [0.2, 0.25) is 0 Å². The maximum Gasteiger partial charge on any atom is 0.287 e. The number of fused-ring (bicyclic) bond motifs is 4. The van der Waals surface area contributed by atoms with Gasteiger partial charge in [0.05, 0.1) is 32.5 Å². The van der Waals surface area contributed by atoms with Crippen LogP contribution in [-0.2, 0) is 13.6 Å². The second kappa shape index (κ2) is 7.10. The van der Waals surface area contributed by atoms with Crippen LogP contribution in [0, 0.1) is 0 Å². The molecule has 1 aliphatic heterocycles. The number of hydrogen-bond donors (Lipinski definition) is 0. The van der Waals surface area contributed by atoms with Crippen LogP contribution in [0.5, 0.6) is 11.5 Å². The highest BCUT2D eigenvalue weighted by molar-refractivity contribution is 6.02. The minimum Gasteiger partial charge on any atom is -0.497 e. The molecule has 0 N–H and O–H groups in total. The molecule has 5 nitrogen and oxygen atoms in total. The topological polar surface area (TPSA) is 30.5 Å². The van der Waals surface area contributed by atoms with Crippen LogP contribution in [0.3, 0.4) is 0 Å². The molecule has 0 atom stereocenters. The van der Waals surface area contributed by atoms with E-state index < -0.39 is 0 Å². The Morgan fingerprint density at radius 3 is 2.67 bits per heavy atom. The van der Waals surface area contributed by atoms with Gasteiger partial charge >= 0.3 is 0 Å². The number of hydrogen-bond acceptors (Lipinski definition) is 3. The van der Waals surface area contributed by atoms with Crippen LogP contribution >= 0.6 is 0 Å². The average Bonchev–Trinajstić information content (AvgIpc) is 3.27. The normalized spacial score (nSPS) is 14.5. The summed E-state index contributed by atoms with van der Waals surface area (Å²) in [7, 11) is 3.81. The SMILES string of the molecule is CCN1C(=Cc2n(C)c3ccc4ccccc4c3[n+]2CC)Oc2ccc(OC)cc21. The molecule has 0 saturated heterocycles. The maximum absolute atomic E-state index is 6.26. The van der Waals surface area contributed by atoms with Gasteiger partial charge in [-0.3, -0.25) is 0 Å². The van der Waals surface area contributed by atoms with Crippen molar-refractivity contribution in [3.8, 4) is 11.5 Å². The van der Waals surface area contributed by atoms with Gasteiger partial charge in [-0.15, -0.1) is 0 Å². The van der Waals surface area contributed by atoms with Crippen molar-refractivity contribution in [3.63, 3.8) is 0 Å². The summed E-state index contributed by atoms with van der Waals surface area (Å²) in [6.45, 7) is 6.01. The number of ether oxygens (including phenoxy) is 2. The van der Waals surface area contributed by atoms with Gasteiger partial charge in [0, 0.05) is 18.0 Å². The Morgan fingerprint density at radius 2 is 1.90 bits per heavy atom. The van der Waals surface area contributed by atoms with Gasteiger partial charge in [-0.1, -0.05) is 18.2 Å². The van der Waals surface area contributed by atoms with Crippen molar-refractivity contribution in [2.45, 2.75) is 20.4 Å². The van der Waals surface area contributed by atoms with E-state index in [0.29, 0.717) is 0 Å². The first-order valence-electron chi connectivity index (χ1n) is 10.4. The van der Waals surface area contributed by atoms with Gasteiger partial charge in [-0.2, -0.15) is 0 Å². The molecule has 152 valence electrons. The average molecular weight is 401 g/mol. The van der Waals surface area contributed by atoms with Crippen LogP contribution in [-0.4, -0.2) is 18.2 Å². The van der Waals surface area contributed by atoms with Crippen molar-refractivity contribution in [2.24, 2.45) is 7.05 Å². The molecule has 0 bridgehead atoms. The molecule has 0 unspecified atom stereocenters. The molecule has 4 aromatic rings. The standard InChI is InChI=1S/C25H26N3O2/c1-5-27-21-15-18(29-4)12-14-22(21)30-24(27)16-23-26(3)20-13-11-17-9-7-8-10-19(17)25(20)28(23)6-2/h7-16H,5-6H2,1-4H3/q+1. The van der Waals surface area contributed by atoms with Gasteiger partial charge in [0.25, 0.3) is 5.82 Å². The maximum atomic E-state index is 6.26. The predicted molar refractivity (Wildman–Crippen MR) is 121 cm³/mol. The van der Waals surface area contributed by atoms with Crippen molar-refractivity contribution in [1.82, 2.24) is 4.57 Å². The highest BCUT2D eigenvalue weighted by Crippen LogP contribution is 2.41.